The molecule has 1 fully saturated rings. The Balaban J connectivity index is 1.44. The maximum atomic E-state index is 12.6. The van der Waals surface area contributed by atoms with Gasteiger partial charge in [-0.25, -0.2) is 0 Å². The molecule has 0 radical (unpaired) electrons. The second kappa shape index (κ2) is 7.31. The van der Waals surface area contributed by atoms with Crippen LogP contribution in [-0.4, -0.2) is 26.1 Å². The lowest BCUT2D eigenvalue weighted by atomic mass is 10.0. The van der Waals surface area contributed by atoms with Gasteiger partial charge in [0.15, 0.2) is 0 Å². The molecule has 1 heterocycles. The number of hydrogen-bond acceptors (Lipinski definition) is 4. The van der Waals surface area contributed by atoms with E-state index in [0.29, 0.717) is 11.7 Å². The zero-order chi connectivity index (χ0) is 18.8. The van der Waals surface area contributed by atoms with Crippen molar-refractivity contribution in [1.29, 1.82) is 0 Å². The van der Waals surface area contributed by atoms with E-state index < -0.39 is 0 Å². The average Bonchev–Trinajstić information content (AvgIpc) is 3.40. The first-order chi connectivity index (χ1) is 13.1. The van der Waals surface area contributed by atoms with Gasteiger partial charge in [0.05, 0.1) is 6.04 Å². The van der Waals surface area contributed by atoms with E-state index in [1.807, 2.05) is 31.2 Å². The second-order valence-electron chi connectivity index (χ2n) is 7.25. The molecule has 0 bridgehead atoms. The molecule has 0 spiro atoms. The third-order valence-corrected chi connectivity index (χ3v) is 4.97. The predicted molar refractivity (Wildman–Crippen MR) is 103 cm³/mol. The van der Waals surface area contributed by atoms with Crippen LogP contribution in [0, 0.1) is 19.8 Å². The molecular formula is C21H23N5O. The van der Waals surface area contributed by atoms with E-state index >= 15 is 0 Å². The summed E-state index contributed by atoms with van der Waals surface area (Å²) >= 11 is 0. The van der Waals surface area contributed by atoms with Crippen LogP contribution in [0.25, 0.3) is 11.4 Å². The summed E-state index contributed by atoms with van der Waals surface area (Å²) in [5, 5.41) is 15.7. The van der Waals surface area contributed by atoms with Gasteiger partial charge in [0.2, 0.25) is 11.7 Å². The third-order valence-electron chi connectivity index (χ3n) is 4.97. The molecule has 1 aromatic heterocycles. The zero-order valence-electron chi connectivity index (χ0n) is 15.6. The first kappa shape index (κ1) is 17.4. The van der Waals surface area contributed by atoms with E-state index in [4.69, 9.17) is 0 Å². The van der Waals surface area contributed by atoms with E-state index in [9.17, 15) is 4.79 Å². The summed E-state index contributed by atoms with van der Waals surface area (Å²) in [7, 11) is 0. The first-order valence-corrected chi connectivity index (χ1v) is 9.30. The molecular weight excluding hydrogens is 338 g/mol. The van der Waals surface area contributed by atoms with E-state index in [1.54, 1.807) is 0 Å². The van der Waals surface area contributed by atoms with Crippen LogP contribution < -0.4 is 5.32 Å². The number of nitrogens with zero attached hydrogens (tertiary/aromatic N) is 4. The van der Waals surface area contributed by atoms with E-state index in [1.165, 1.54) is 10.4 Å². The largest absolute Gasteiger partial charge is 0.347 e. The molecule has 4 rings (SSSR count). The molecule has 1 N–H and O–H groups in total. The van der Waals surface area contributed by atoms with Gasteiger partial charge in [-0.15, -0.1) is 10.2 Å². The Labute approximate surface area is 158 Å². The Kier molecular flexibility index (Phi) is 4.71. The molecule has 3 aromatic rings. The molecule has 1 aliphatic rings. The molecule has 2 aromatic carbocycles. The molecule has 6 nitrogen and oxygen atoms in total. The predicted octanol–water partition coefficient (Wildman–Crippen LogP) is 3.22. The summed E-state index contributed by atoms with van der Waals surface area (Å²) < 4.78 is 0. The van der Waals surface area contributed by atoms with Gasteiger partial charge in [-0.3, -0.25) is 4.79 Å². The van der Waals surface area contributed by atoms with Crippen molar-refractivity contribution in [3.63, 3.8) is 0 Å². The number of nitrogens with one attached hydrogen (secondary N) is 1. The minimum Gasteiger partial charge on any atom is -0.347 e. The van der Waals surface area contributed by atoms with Crippen LogP contribution in [0.4, 0.5) is 0 Å². The van der Waals surface area contributed by atoms with Crippen LogP contribution in [0.2, 0.25) is 0 Å². The number of aromatic nitrogens is 4. The van der Waals surface area contributed by atoms with Gasteiger partial charge in [-0.1, -0.05) is 54.1 Å². The lowest BCUT2D eigenvalue weighted by molar-refractivity contribution is -0.123. The number of aryl methyl sites for hydroxylation is 2. The first-order valence-electron chi connectivity index (χ1n) is 9.30. The maximum Gasteiger partial charge on any atom is 0.244 e. The fourth-order valence-corrected chi connectivity index (χ4v) is 3.27. The standard InChI is InChI=1S/C21H23N5O/c1-14-7-9-16(10-8-14)20(17-11-12-17)22-19(27)13-26-24-21(23-25-26)18-6-4-3-5-15(18)2/h3-10,17,20H,11-13H2,1-2H3,(H,22,27)/t20-/m0/s1. The molecule has 138 valence electrons. The fraction of sp³-hybridized carbons (Fsp3) is 0.333. The topological polar surface area (TPSA) is 72.7 Å². The molecule has 1 saturated carbocycles. The highest BCUT2D eigenvalue weighted by Gasteiger charge is 2.33. The van der Waals surface area contributed by atoms with E-state index in [0.717, 1.165) is 29.5 Å². The number of carbonyl (C=O) groups is 1. The summed E-state index contributed by atoms with van der Waals surface area (Å²) in [6.07, 6.45) is 2.30. The Hall–Kier alpha value is -3.02. The molecule has 1 atom stereocenters. The minimum atomic E-state index is -0.0961. The van der Waals surface area contributed by atoms with Gasteiger partial charge in [-0.2, -0.15) is 4.80 Å². The Morgan fingerprint density at radius 3 is 2.59 bits per heavy atom. The number of benzene rings is 2. The summed E-state index contributed by atoms with van der Waals surface area (Å²) in [6.45, 7) is 4.13. The van der Waals surface area contributed by atoms with Crippen molar-refractivity contribution in [2.24, 2.45) is 5.92 Å². The van der Waals surface area contributed by atoms with E-state index in [2.05, 4.69) is 51.9 Å². The second-order valence-corrected chi connectivity index (χ2v) is 7.25. The Bertz CT molecular complexity index is 943. The van der Waals surface area contributed by atoms with Crippen molar-refractivity contribution in [2.75, 3.05) is 0 Å². The molecule has 27 heavy (non-hydrogen) atoms. The van der Waals surface area contributed by atoms with Gasteiger partial charge in [0, 0.05) is 5.56 Å². The summed E-state index contributed by atoms with van der Waals surface area (Å²) in [6, 6.07) is 16.3. The fourth-order valence-electron chi connectivity index (χ4n) is 3.27. The highest BCUT2D eigenvalue weighted by Crippen LogP contribution is 2.41. The summed E-state index contributed by atoms with van der Waals surface area (Å²) in [5.74, 6) is 0.960. The van der Waals surface area contributed by atoms with Crippen molar-refractivity contribution in [2.45, 2.75) is 39.3 Å². The number of rotatable bonds is 6. The number of hydrogen-bond donors (Lipinski definition) is 1. The molecule has 0 saturated heterocycles. The van der Waals surface area contributed by atoms with Crippen LogP contribution in [0.15, 0.2) is 48.5 Å². The highest BCUT2D eigenvalue weighted by molar-refractivity contribution is 5.76. The highest BCUT2D eigenvalue weighted by atomic mass is 16.2. The average molecular weight is 361 g/mol. The number of carbonyl (C=O) groups excluding carboxylic acids is 1. The lowest BCUT2D eigenvalue weighted by Gasteiger charge is -2.18. The summed E-state index contributed by atoms with van der Waals surface area (Å²) in [5.41, 5.74) is 4.38. The van der Waals surface area contributed by atoms with E-state index in [-0.39, 0.29) is 18.5 Å². The molecule has 0 unspecified atom stereocenters. The maximum absolute atomic E-state index is 12.6. The quantitative estimate of drug-likeness (QED) is 0.732. The minimum absolute atomic E-state index is 0.0532. The Morgan fingerprint density at radius 2 is 1.89 bits per heavy atom. The van der Waals surface area contributed by atoms with Crippen molar-refractivity contribution in [1.82, 2.24) is 25.5 Å². The van der Waals surface area contributed by atoms with Crippen LogP contribution in [0.3, 0.4) is 0 Å². The monoisotopic (exact) mass is 361 g/mol. The molecule has 1 amide bonds. The smallest absolute Gasteiger partial charge is 0.244 e. The van der Waals surface area contributed by atoms with Crippen molar-refractivity contribution < 1.29 is 4.79 Å². The number of tetrazole rings is 1. The van der Waals surface area contributed by atoms with Crippen molar-refractivity contribution in [3.05, 3.63) is 65.2 Å². The summed E-state index contributed by atoms with van der Waals surface area (Å²) in [4.78, 5) is 13.9. The van der Waals surface area contributed by atoms with Crippen LogP contribution >= 0.6 is 0 Å². The van der Waals surface area contributed by atoms with Crippen LogP contribution in [-0.2, 0) is 11.3 Å². The normalized spacial score (nSPS) is 14.7. The van der Waals surface area contributed by atoms with Gasteiger partial charge in [0.25, 0.3) is 0 Å². The van der Waals surface area contributed by atoms with Gasteiger partial charge >= 0.3 is 0 Å². The van der Waals surface area contributed by atoms with Gasteiger partial charge in [-0.05, 0) is 48.9 Å². The van der Waals surface area contributed by atoms with Gasteiger partial charge < -0.3 is 5.32 Å². The molecule has 6 heteroatoms. The van der Waals surface area contributed by atoms with Crippen molar-refractivity contribution >= 4 is 5.91 Å². The number of amides is 1. The third kappa shape index (κ3) is 4.05. The molecule has 0 aliphatic heterocycles. The van der Waals surface area contributed by atoms with Crippen LogP contribution in [0.1, 0.15) is 35.6 Å². The molecule has 1 aliphatic carbocycles. The van der Waals surface area contributed by atoms with Crippen LogP contribution in [0.5, 0.6) is 0 Å². The van der Waals surface area contributed by atoms with Crippen molar-refractivity contribution in [3.8, 4) is 11.4 Å². The zero-order valence-corrected chi connectivity index (χ0v) is 15.6. The SMILES string of the molecule is Cc1ccc([C@H](NC(=O)Cn2nnc(-c3ccccc3C)n2)C2CC2)cc1. The van der Waals surface area contributed by atoms with Gasteiger partial charge in [0.1, 0.15) is 6.54 Å². The Morgan fingerprint density at radius 1 is 1.15 bits per heavy atom. The lowest BCUT2D eigenvalue weighted by Crippen LogP contribution is -2.33.